The summed E-state index contributed by atoms with van der Waals surface area (Å²) in [5, 5.41) is 0. The molecule has 0 rings (SSSR count). The van der Waals surface area contributed by atoms with E-state index in [2.05, 4.69) is 11.8 Å². The molecule has 0 aliphatic heterocycles. The summed E-state index contributed by atoms with van der Waals surface area (Å²) >= 11 is 9.47. The molecule has 0 bridgehead atoms. The smallest absolute Gasteiger partial charge is 0.324 e. The highest BCUT2D eigenvalue weighted by atomic mass is 32.5. The molecule has 104 valence electrons. The van der Waals surface area contributed by atoms with Gasteiger partial charge in [0.05, 0.1) is 13.2 Å². The van der Waals surface area contributed by atoms with Gasteiger partial charge in [-0.3, -0.25) is 0 Å². The molecule has 0 heterocycles. The Morgan fingerprint density at radius 1 is 0.941 bits per heavy atom. The van der Waals surface area contributed by atoms with Crippen LogP contribution < -0.4 is 0 Å². The molecule has 0 fully saturated rings. The van der Waals surface area contributed by atoms with Gasteiger partial charge < -0.3 is 18.8 Å². The Bertz CT molecular complexity index is 299. The lowest BCUT2D eigenvalue weighted by Crippen LogP contribution is -2.07. The van der Waals surface area contributed by atoms with Crippen molar-refractivity contribution < 1.29 is 23.1 Å². The lowest BCUT2D eigenvalue weighted by Gasteiger charge is -2.24. The van der Waals surface area contributed by atoms with Crippen molar-refractivity contribution in [3.8, 4) is 0 Å². The van der Waals surface area contributed by atoms with Crippen LogP contribution in [0.1, 0.15) is 27.7 Å². The Morgan fingerprint density at radius 3 is 1.53 bits per heavy atom. The molecular formula is C8H20O5P2S2. The fourth-order valence-electron chi connectivity index (χ4n) is 0.695. The number of hydrogen-bond donors (Lipinski definition) is 2. The van der Waals surface area contributed by atoms with Crippen molar-refractivity contribution in [1.29, 1.82) is 0 Å². The highest BCUT2D eigenvalue weighted by Gasteiger charge is 2.28. The lowest BCUT2D eigenvalue weighted by atomic mass is 10.2. The Morgan fingerprint density at radius 2 is 1.29 bits per heavy atom. The fourth-order valence-corrected chi connectivity index (χ4v) is 5.52. The molecule has 0 aliphatic rings. The molecule has 5 nitrogen and oxygen atoms in total. The second kappa shape index (κ2) is 7.63. The van der Waals surface area contributed by atoms with E-state index in [-0.39, 0.29) is 11.8 Å². The fraction of sp³-hybridized carbons (Fsp3) is 1.00. The maximum Gasteiger partial charge on any atom is 0.334 e. The molecular weight excluding hydrogens is 302 g/mol. The summed E-state index contributed by atoms with van der Waals surface area (Å²) < 4.78 is 15.5. The minimum Gasteiger partial charge on any atom is -0.324 e. The van der Waals surface area contributed by atoms with E-state index in [9.17, 15) is 0 Å². The first-order chi connectivity index (χ1) is 7.54. The average Bonchev–Trinajstić information content (AvgIpc) is 2.09. The first-order valence-corrected chi connectivity index (χ1v) is 10.4. The molecule has 17 heavy (non-hydrogen) atoms. The largest absolute Gasteiger partial charge is 0.334 e. The van der Waals surface area contributed by atoms with Crippen LogP contribution in [0.15, 0.2) is 0 Å². The summed E-state index contributed by atoms with van der Waals surface area (Å²) in [6, 6.07) is 0. The number of hydrogen-bond acceptors (Lipinski definition) is 5. The third-order valence-electron chi connectivity index (χ3n) is 1.34. The molecule has 0 unspecified atom stereocenters. The molecule has 0 aliphatic carbocycles. The van der Waals surface area contributed by atoms with Crippen LogP contribution in [0.2, 0.25) is 0 Å². The van der Waals surface area contributed by atoms with Crippen LogP contribution in [0.4, 0.5) is 0 Å². The number of rotatable bonds is 8. The summed E-state index contributed by atoms with van der Waals surface area (Å²) in [5.74, 6) is 0.470. The van der Waals surface area contributed by atoms with E-state index in [1.807, 2.05) is 27.7 Å². The summed E-state index contributed by atoms with van der Waals surface area (Å²) in [4.78, 5) is 18.3. The van der Waals surface area contributed by atoms with Gasteiger partial charge in [-0.15, -0.1) is 0 Å². The van der Waals surface area contributed by atoms with E-state index in [1.54, 1.807) is 0 Å². The quantitative estimate of drug-likeness (QED) is 0.666. The summed E-state index contributed by atoms with van der Waals surface area (Å²) in [6.45, 7) is 1.36. The monoisotopic (exact) mass is 322 g/mol. The predicted molar refractivity (Wildman–Crippen MR) is 75.7 cm³/mol. The van der Waals surface area contributed by atoms with Crippen LogP contribution in [0, 0.1) is 11.8 Å². The molecule has 0 amide bonds. The van der Waals surface area contributed by atoms with Crippen molar-refractivity contribution >= 4 is 37.1 Å². The van der Waals surface area contributed by atoms with Crippen molar-refractivity contribution in [2.24, 2.45) is 11.8 Å². The molecule has 0 saturated heterocycles. The topological polar surface area (TPSA) is 68.2 Å². The molecule has 9 heteroatoms. The predicted octanol–water partition coefficient (Wildman–Crippen LogP) is 2.78. The average molecular weight is 322 g/mol. The Hall–Kier alpha value is 1.10. The van der Waals surface area contributed by atoms with Crippen molar-refractivity contribution in [1.82, 2.24) is 0 Å². The molecule has 0 spiro atoms. The molecule has 0 aromatic carbocycles. The summed E-state index contributed by atoms with van der Waals surface area (Å²) in [6.07, 6.45) is 0. The normalized spacial score (nSPS) is 13.6. The van der Waals surface area contributed by atoms with Gasteiger partial charge in [0.25, 0.3) is 0 Å². The minimum absolute atomic E-state index is 0.235. The lowest BCUT2D eigenvalue weighted by molar-refractivity contribution is 0.166. The van der Waals surface area contributed by atoms with E-state index in [1.165, 1.54) is 0 Å². The van der Waals surface area contributed by atoms with Crippen molar-refractivity contribution in [2.75, 3.05) is 13.2 Å². The van der Waals surface area contributed by atoms with Crippen LogP contribution in [-0.2, 0) is 37.0 Å². The van der Waals surface area contributed by atoms with Gasteiger partial charge in [0.1, 0.15) is 0 Å². The van der Waals surface area contributed by atoms with Gasteiger partial charge >= 0.3 is 13.4 Å². The molecule has 0 saturated carbocycles. The van der Waals surface area contributed by atoms with Gasteiger partial charge in [0, 0.05) is 0 Å². The zero-order chi connectivity index (χ0) is 13.7. The molecule has 0 atom stereocenters. The highest BCUT2D eigenvalue weighted by molar-refractivity contribution is 8.14. The second-order valence-electron chi connectivity index (χ2n) is 4.40. The van der Waals surface area contributed by atoms with E-state index in [4.69, 9.17) is 35.0 Å². The third kappa shape index (κ3) is 10.7. The Labute approximate surface area is 113 Å². The molecule has 0 radical (unpaired) electrons. The standard InChI is InChI=1S/C8H20O5P2S2/c1-7(2)5-11-15(17,12-6-8(3)4)13-14(9,10)16/h7-8H,5-6H2,1-4H3,(H2,9,10,16). The minimum atomic E-state index is -3.88. The molecule has 0 aromatic heterocycles. The van der Waals surface area contributed by atoms with Gasteiger partial charge in [0.2, 0.25) is 0 Å². The summed E-state index contributed by atoms with van der Waals surface area (Å²) in [5.41, 5.74) is 0. The first-order valence-electron chi connectivity index (χ1n) is 5.20. The van der Waals surface area contributed by atoms with E-state index in [0.717, 1.165) is 0 Å². The van der Waals surface area contributed by atoms with Crippen LogP contribution in [0.3, 0.4) is 0 Å². The van der Waals surface area contributed by atoms with E-state index >= 15 is 0 Å². The second-order valence-corrected chi connectivity index (χ2v) is 10.2. The van der Waals surface area contributed by atoms with Crippen LogP contribution >= 0.6 is 13.4 Å². The van der Waals surface area contributed by atoms with Gasteiger partial charge in [0.15, 0.2) is 0 Å². The van der Waals surface area contributed by atoms with Gasteiger partial charge in [-0.05, 0) is 35.4 Å². The van der Waals surface area contributed by atoms with Gasteiger partial charge in [-0.1, -0.05) is 27.7 Å². The summed E-state index contributed by atoms with van der Waals surface area (Å²) in [7, 11) is 0. The van der Waals surface area contributed by atoms with Gasteiger partial charge in [-0.2, -0.15) is 0 Å². The van der Waals surface area contributed by atoms with Crippen LogP contribution in [0.25, 0.3) is 0 Å². The van der Waals surface area contributed by atoms with Gasteiger partial charge in [-0.25, -0.2) is 4.31 Å². The maximum absolute atomic E-state index is 9.14. The third-order valence-corrected chi connectivity index (χ3v) is 5.75. The maximum atomic E-state index is 9.14. The zero-order valence-corrected chi connectivity index (χ0v) is 13.8. The zero-order valence-electron chi connectivity index (χ0n) is 10.4. The van der Waals surface area contributed by atoms with Crippen LogP contribution in [-0.4, -0.2) is 23.0 Å². The highest BCUT2D eigenvalue weighted by Crippen LogP contribution is 2.61. The Balaban J connectivity index is 4.57. The van der Waals surface area contributed by atoms with Crippen LogP contribution in [0.5, 0.6) is 0 Å². The molecule has 2 N–H and O–H groups in total. The van der Waals surface area contributed by atoms with E-state index < -0.39 is 13.4 Å². The Kier molecular flexibility index (Phi) is 8.13. The first kappa shape index (κ1) is 18.1. The van der Waals surface area contributed by atoms with Crippen molar-refractivity contribution in [2.45, 2.75) is 27.7 Å². The molecule has 0 aromatic rings. The van der Waals surface area contributed by atoms with Crippen molar-refractivity contribution in [3.05, 3.63) is 0 Å². The SMILES string of the molecule is CC(C)COP(=S)(OCC(C)C)OP(O)(O)=S. The van der Waals surface area contributed by atoms with E-state index in [0.29, 0.717) is 13.2 Å². The van der Waals surface area contributed by atoms with Crippen molar-refractivity contribution in [3.63, 3.8) is 0 Å².